The fraction of sp³-hybridized carbons (Fsp3) is 0.188. The van der Waals surface area contributed by atoms with Crippen LogP contribution in [0, 0.1) is 14.9 Å². The third-order valence-electron chi connectivity index (χ3n) is 2.79. The Morgan fingerprint density at radius 1 is 1.24 bits per heavy atom. The molecular weight excluding hydrogens is 379 g/mol. The van der Waals surface area contributed by atoms with Gasteiger partial charge in [0.1, 0.15) is 18.5 Å². The number of nitriles is 1. The predicted molar refractivity (Wildman–Crippen MR) is 90.3 cm³/mol. The Morgan fingerprint density at radius 3 is 2.71 bits per heavy atom. The van der Waals surface area contributed by atoms with Gasteiger partial charge in [0.05, 0.1) is 11.6 Å². The largest absolute Gasteiger partial charge is 0.491 e. The summed E-state index contributed by atoms with van der Waals surface area (Å²) in [6, 6.07) is 16.9. The highest BCUT2D eigenvalue weighted by molar-refractivity contribution is 14.1. The number of aliphatic hydroxyl groups excluding tert-OH is 1. The average Bonchev–Trinajstić information content (AvgIpc) is 2.52. The van der Waals surface area contributed by atoms with Crippen LogP contribution in [0.5, 0.6) is 5.75 Å². The van der Waals surface area contributed by atoms with Gasteiger partial charge in [-0.1, -0.05) is 6.07 Å². The van der Waals surface area contributed by atoms with Gasteiger partial charge in [0.15, 0.2) is 0 Å². The normalized spacial score (nSPS) is 11.5. The molecule has 0 aliphatic rings. The van der Waals surface area contributed by atoms with E-state index in [2.05, 4.69) is 34.0 Å². The van der Waals surface area contributed by atoms with E-state index >= 15 is 0 Å². The van der Waals surface area contributed by atoms with E-state index in [0.717, 1.165) is 5.69 Å². The van der Waals surface area contributed by atoms with E-state index in [9.17, 15) is 5.11 Å². The number of benzene rings is 2. The van der Waals surface area contributed by atoms with Crippen LogP contribution in [0.1, 0.15) is 5.56 Å². The molecule has 2 aromatic carbocycles. The molecule has 2 aromatic rings. The quantitative estimate of drug-likeness (QED) is 0.740. The molecule has 5 heteroatoms. The second-order valence-electron chi connectivity index (χ2n) is 4.49. The molecule has 1 atom stereocenters. The Bertz CT molecular complexity index is 623. The topological polar surface area (TPSA) is 65.3 Å². The highest BCUT2D eigenvalue weighted by Gasteiger charge is 2.05. The zero-order valence-corrected chi connectivity index (χ0v) is 13.4. The number of rotatable bonds is 6. The molecule has 0 heterocycles. The van der Waals surface area contributed by atoms with Gasteiger partial charge >= 0.3 is 0 Å². The second kappa shape index (κ2) is 7.86. The number of hydrogen-bond donors (Lipinski definition) is 2. The summed E-state index contributed by atoms with van der Waals surface area (Å²) in [5.41, 5.74) is 1.50. The minimum atomic E-state index is -0.630. The van der Waals surface area contributed by atoms with Crippen LogP contribution in [0.2, 0.25) is 0 Å². The van der Waals surface area contributed by atoms with Crippen molar-refractivity contribution in [3.05, 3.63) is 57.7 Å². The van der Waals surface area contributed by atoms with E-state index in [1.165, 1.54) is 3.57 Å². The van der Waals surface area contributed by atoms with Crippen molar-refractivity contribution in [2.75, 3.05) is 18.5 Å². The van der Waals surface area contributed by atoms with E-state index in [-0.39, 0.29) is 6.61 Å². The molecule has 0 saturated heterocycles. The fourth-order valence-corrected chi connectivity index (χ4v) is 2.07. The van der Waals surface area contributed by atoms with E-state index in [0.29, 0.717) is 17.9 Å². The van der Waals surface area contributed by atoms with E-state index < -0.39 is 6.10 Å². The van der Waals surface area contributed by atoms with Gasteiger partial charge in [0, 0.05) is 15.8 Å². The van der Waals surface area contributed by atoms with Crippen LogP contribution in [0.4, 0.5) is 5.69 Å². The van der Waals surface area contributed by atoms with Crippen LogP contribution in [0.25, 0.3) is 0 Å². The standard InChI is InChI=1S/C16H15IN2O2/c17-13-4-6-14(7-5-13)19-10-15(20)11-21-16-3-1-2-12(8-16)9-18/h1-8,15,19-20H,10-11H2. The Hall–Kier alpha value is -1.78. The summed E-state index contributed by atoms with van der Waals surface area (Å²) >= 11 is 2.24. The number of hydrogen-bond acceptors (Lipinski definition) is 4. The lowest BCUT2D eigenvalue weighted by atomic mass is 10.2. The first kappa shape index (κ1) is 15.6. The molecule has 1 unspecified atom stereocenters. The third-order valence-corrected chi connectivity index (χ3v) is 3.51. The van der Waals surface area contributed by atoms with Gasteiger partial charge in [-0.3, -0.25) is 0 Å². The van der Waals surface area contributed by atoms with Gasteiger partial charge in [-0.2, -0.15) is 5.26 Å². The SMILES string of the molecule is N#Cc1cccc(OCC(O)CNc2ccc(I)cc2)c1. The number of nitrogens with zero attached hydrogens (tertiary/aromatic N) is 1. The minimum Gasteiger partial charge on any atom is -0.491 e. The summed E-state index contributed by atoms with van der Waals surface area (Å²) in [5.74, 6) is 0.586. The third kappa shape index (κ3) is 5.25. The molecule has 0 saturated carbocycles. The van der Waals surface area contributed by atoms with Crippen molar-refractivity contribution >= 4 is 28.3 Å². The molecule has 2 rings (SSSR count). The van der Waals surface area contributed by atoms with Crippen LogP contribution in [-0.2, 0) is 0 Å². The fourth-order valence-electron chi connectivity index (χ4n) is 1.71. The molecule has 0 aromatic heterocycles. The van der Waals surface area contributed by atoms with Crippen molar-refractivity contribution in [3.8, 4) is 11.8 Å². The first-order chi connectivity index (χ1) is 10.2. The van der Waals surface area contributed by atoms with Gasteiger partial charge in [-0.25, -0.2) is 0 Å². The Kier molecular flexibility index (Phi) is 5.84. The number of nitrogens with one attached hydrogen (secondary N) is 1. The number of aliphatic hydroxyl groups is 1. The first-order valence-electron chi connectivity index (χ1n) is 6.48. The summed E-state index contributed by atoms with van der Waals surface area (Å²) in [7, 11) is 0. The number of anilines is 1. The maximum atomic E-state index is 9.90. The van der Waals surface area contributed by atoms with Crippen LogP contribution < -0.4 is 10.1 Å². The highest BCUT2D eigenvalue weighted by atomic mass is 127. The number of halogens is 1. The van der Waals surface area contributed by atoms with Crippen molar-refractivity contribution < 1.29 is 9.84 Å². The zero-order valence-electron chi connectivity index (χ0n) is 11.3. The minimum absolute atomic E-state index is 0.173. The van der Waals surface area contributed by atoms with E-state index in [1.54, 1.807) is 24.3 Å². The molecule has 0 aliphatic carbocycles. The zero-order chi connectivity index (χ0) is 15.1. The maximum absolute atomic E-state index is 9.90. The van der Waals surface area contributed by atoms with Gasteiger partial charge in [0.2, 0.25) is 0 Å². The van der Waals surface area contributed by atoms with Crippen molar-refractivity contribution in [2.45, 2.75) is 6.10 Å². The van der Waals surface area contributed by atoms with Crippen molar-refractivity contribution in [3.63, 3.8) is 0 Å². The summed E-state index contributed by atoms with van der Waals surface area (Å²) in [6.07, 6.45) is -0.630. The molecule has 0 bridgehead atoms. The monoisotopic (exact) mass is 394 g/mol. The van der Waals surface area contributed by atoms with E-state index in [4.69, 9.17) is 10.00 Å². The maximum Gasteiger partial charge on any atom is 0.120 e. The van der Waals surface area contributed by atoms with Gasteiger partial charge in [-0.05, 0) is 65.1 Å². The Morgan fingerprint density at radius 2 is 2.00 bits per heavy atom. The summed E-state index contributed by atoms with van der Waals surface area (Å²) in [5, 5.41) is 21.8. The second-order valence-corrected chi connectivity index (χ2v) is 5.74. The highest BCUT2D eigenvalue weighted by Crippen LogP contribution is 2.13. The van der Waals surface area contributed by atoms with Crippen molar-refractivity contribution in [2.24, 2.45) is 0 Å². The average molecular weight is 394 g/mol. The Labute approximate surface area is 137 Å². The summed E-state index contributed by atoms with van der Waals surface area (Å²) < 4.78 is 6.64. The van der Waals surface area contributed by atoms with Crippen molar-refractivity contribution in [1.29, 1.82) is 5.26 Å². The Balaban J connectivity index is 1.78. The lowest BCUT2D eigenvalue weighted by molar-refractivity contribution is 0.117. The molecule has 4 nitrogen and oxygen atoms in total. The van der Waals surface area contributed by atoms with Crippen LogP contribution >= 0.6 is 22.6 Å². The molecule has 0 spiro atoms. The first-order valence-corrected chi connectivity index (χ1v) is 7.56. The smallest absolute Gasteiger partial charge is 0.120 e. The molecule has 108 valence electrons. The summed E-state index contributed by atoms with van der Waals surface area (Å²) in [4.78, 5) is 0. The lowest BCUT2D eigenvalue weighted by Crippen LogP contribution is -2.26. The molecular formula is C16H15IN2O2. The van der Waals surface area contributed by atoms with Gasteiger partial charge in [0.25, 0.3) is 0 Å². The number of ether oxygens (including phenoxy) is 1. The molecule has 2 N–H and O–H groups in total. The van der Waals surface area contributed by atoms with Crippen LogP contribution in [-0.4, -0.2) is 24.4 Å². The lowest BCUT2D eigenvalue weighted by Gasteiger charge is -2.14. The molecule has 0 amide bonds. The van der Waals surface area contributed by atoms with Crippen molar-refractivity contribution in [1.82, 2.24) is 0 Å². The molecule has 0 radical (unpaired) electrons. The van der Waals surface area contributed by atoms with E-state index in [1.807, 2.05) is 24.3 Å². The van der Waals surface area contributed by atoms with Crippen LogP contribution in [0.3, 0.4) is 0 Å². The molecule has 21 heavy (non-hydrogen) atoms. The van der Waals surface area contributed by atoms with Gasteiger partial charge in [-0.15, -0.1) is 0 Å². The van der Waals surface area contributed by atoms with Crippen LogP contribution in [0.15, 0.2) is 48.5 Å². The molecule has 0 fully saturated rings. The molecule has 0 aliphatic heterocycles. The van der Waals surface area contributed by atoms with Gasteiger partial charge < -0.3 is 15.2 Å². The summed E-state index contributed by atoms with van der Waals surface area (Å²) in [6.45, 7) is 0.574. The predicted octanol–water partition coefficient (Wildman–Crippen LogP) is 3.01.